The highest BCUT2D eigenvalue weighted by Gasteiger charge is 2.36. The van der Waals surface area contributed by atoms with E-state index in [1.807, 2.05) is 0 Å². The van der Waals surface area contributed by atoms with Gasteiger partial charge in [0.2, 0.25) is 0 Å². The Morgan fingerprint density at radius 3 is 2.38 bits per heavy atom. The van der Waals surface area contributed by atoms with E-state index in [1.165, 1.54) is 5.69 Å². The maximum Gasteiger partial charge on any atom is 0.163 e. The van der Waals surface area contributed by atoms with Crippen molar-refractivity contribution in [2.24, 2.45) is 5.41 Å². The van der Waals surface area contributed by atoms with E-state index in [-0.39, 0.29) is 11.0 Å². The van der Waals surface area contributed by atoms with Gasteiger partial charge in [-0.15, -0.1) is 0 Å². The van der Waals surface area contributed by atoms with Gasteiger partial charge in [-0.05, 0) is 19.3 Å². The van der Waals surface area contributed by atoms with Crippen LogP contribution in [0.2, 0.25) is 0 Å². The van der Waals surface area contributed by atoms with Gasteiger partial charge < -0.3 is 19.7 Å². The lowest BCUT2D eigenvalue weighted by atomic mass is 9.90. The van der Waals surface area contributed by atoms with Crippen LogP contribution in [0.15, 0.2) is 12.1 Å². The van der Waals surface area contributed by atoms with E-state index in [9.17, 15) is 0 Å². The average molecular weight is 290 g/mol. The van der Waals surface area contributed by atoms with E-state index in [0.717, 1.165) is 30.3 Å². The fourth-order valence-corrected chi connectivity index (χ4v) is 2.95. The van der Waals surface area contributed by atoms with Crippen molar-refractivity contribution in [3.63, 3.8) is 0 Å². The van der Waals surface area contributed by atoms with Crippen molar-refractivity contribution in [3.8, 4) is 11.5 Å². The molecule has 1 aromatic carbocycles. The van der Waals surface area contributed by atoms with Crippen molar-refractivity contribution in [3.05, 3.63) is 12.1 Å². The summed E-state index contributed by atoms with van der Waals surface area (Å²) in [6, 6.07) is 4.21. The molecule has 0 saturated heterocycles. The summed E-state index contributed by atoms with van der Waals surface area (Å²) in [5, 5.41) is 3.54. The summed E-state index contributed by atoms with van der Waals surface area (Å²) < 4.78 is 11.5. The summed E-state index contributed by atoms with van der Waals surface area (Å²) in [6.45, 7) is 14.6. The van der Waals surface area contributed by atoms with Crippen LogP contribution >= 0.6 is 0 Å². The Morgan fingerprint density at radius 1 is 1.14 bits per heavy atom. The van der Waals surface area contributed by atoms with Crippen molar-refractivity contribution in [1.82, 2.24) is 0 Å². The molecule has 0 spiro atoms. The SMILES string of the molecule is CC(C)(C)CN1c2cc3c(cc2NCC1(C)C)OCCO3. The second kappa shape index (κ2) is 4.72. The number of benzene rings is 1. The van der Waals surface area contributed by atoms with Crippen LogP contribution in [0.5, 0.6) is 11.5 Å². The largest absolute Gasteiger partial charge is 0.486 e. The Morgan fingerprint density at radius 2 is 1.76 bits per heavy atom. The van der Waals surface area contributed by atoms with Crippen molar-refractivity contribution >= 4 is 11.4 Å². The summed E-state index contributed by atoms with van der Waals surface area (Å²) in [7, 11) is 0. The lowest BCUT2D eigenvalue weighted by Gasteiger charge is -2.48. The third-order valence-electron chi connectivity index (χ3n) is 4.03. The lowest BCUT2D eigenvalue weighted by molar-refractivity contribution is 0.171. The smallest absolute Gasteiger partial charge is 0.163 e. The molecule has 0 unspecified atom stereocenters. The highest BCUT2D eigenvalue weighted by atomic mass is 16.6. The van der Waals surface area contributed by atoms with Crippen molar-refractivity contribution in [2.45, 2.75) is 40.2 Å². The highest BCUT2D eigenvalue weighted by molar-refractivity contribution is 5.78. The van der Waals surface area contributed by atoms with Gasteiger partial charge >= 0.3 is 0 Å². The molecule has 4 heteroatoms. The molecule has 0 radical (unpaired) electrons. The van der Waals surface area contributed by atoms with Gasteiger partial charge in [-0.1, -0.05) is 20.8 Å². The molecule has 0 aliphatic carbocycles. The van der Waals surface area contributed by atoms with Crippen LogP contribution in [0.1, 0.15) is 34.6 Å². The minimum Gasteiger partial charge on any atom is -0.486 e. The van der Waals surface area contributed by atoms with E-state index < -0.39 is 0 Å². The first-order valence-corrected chi connectivity index (χ1v) is 7.71. The number of fused-ring (bicyclic) bond motifs is 2. The van der Waals surface area contributed by atoms with Crippen molar-refractivity contribution in [1.29, 1.82) is 0 Å². The van der Waals surface area contributed by atoms with Crippen LogP contribution in [0, 0.1) is 5.41 Å². The molecule has 0 bridgehead atoms. The van der Waals surface area contributed by atoms with Gasteiger partial charge in [0, 0.05) is 25.2 Å². The zero-order valence-electron chi connectivity index (χ0n) is 13.7. The summed E-state index contributed by atoms with van der Waals surface area (Å²) in [5.74, 6) is 1.71. The molecule has 0 atom stereocenters. The minimum absolute atomic E-state index is 0.0735. The number of anilines is 2. The molecular formula is C17H26N2O2. The Hall–Kier alpha value is -1.58. The van der Waals surface area contributed by atoms with Gasteiger partial charge in [0.25, 0.3) is 0 Å². The maximum absolute atomic E-state index is 5.76. The standard InChI is InChI=1S/C17H26N2O2/c1-16(2,3)11-19-13-9-15-14(20-6-7-21-15)8-12(13)18-10-17(19,4)5/h8-9,18H,6-7,10-11H2,1-5H3. The first-order valence-electron chi connectivity index (χ1n) is 7.71. The summed E-state index contributed by atoms with van der Waals surface area (Å²) in [4.78, 5) is 2.50. The van der Waals surface area contributed by atoms with E-state index in [1.54, 1.807) is 0 Å². The van der Waals surface area contributed by atoms with E-state index in [0.29, 0.717) is 13.2 Å². The number of hydrogen-bond acceptors (Lipinski definition) is 4. The van der Waals surface area contributed by atoms with E-state index in [2.05, 4.69) is 57.0 Å². The monoisotopic (exact) mass is 290 g/mol. The van der Waals surface area contributed by atoms with Gasteiger partial charge in [-0.2, -0.15) is 0 Å². The molecule has 0 fully saturated rings. The molecule has 116 valence electrons. The molecule has 1 aromatic rings. The predicted molar refractivity (Wildman–Crippen MR) is 86.8 cm³/mol. The third-order valence-corrected chi connectivity index (χ3v) is 4.03. The van der Waals surface area contributed by atoms with Gasteiger partial charge in [-0.3, -0.25) is 0 Å². The highest BCUT2D eigenvalue weighted by Crippen LogP contribution is 2.45. The molecule has 3 rings (SSSR count). The third kappa shape index (κ3) is 2.76. The van der Waals surface area contributed by atoms with Gasteiger partial charge in [0.1, 0.15) is 13.2 Å². The number of rotatable bonds is 1. The van der Waals surface area contributed by atoms with Crippen LogP contribution in [-0.4, -0.2) is 31.8 Å². The molecule has 1 N–H and O–H groups in total. The first kappa shape index (κ1) is 14.4. The maximum atomic E-state index is 5.76. The Balaban J connectivity index is 2.04. The Kier molecular flexibility index (Phi) is 3.23. The van der Waals surface area contributed by atoms with Crippen LogP contribution in [0.25, 0.3) is 0 Å². The molecule has 4 nitrogen and oxygen atoms in total. The molecule has 2 aliphatic heterocycles. The first-order chi connectivity index (χ1) is 9.76. The number of hydrogen-bond donors (Lipinski definition) is 1. The van der Waals surface area contributed by atoms with Crippen molar-refractivity contribution in [2.75, 3.05) is 36.5 Å². The zero-order valence-corrected chi connectivity index (χ0v) is 13.7. The second-order valence-electron chi connectivity index (χ2n) is 7.83. The lowest BCUT2D eigenvalue weighted by Crippen LogP contribution is -2.54. The molecule has 0 aromatic heterocycles. The Bertz CT molecular complexity index is 546. The van der Waals surface area contributed by atoms with Gasteiger partial charge in [0.05, 0.1) is 16.9 Å². The number of ether oxygens (including phenoxy) is 2. The normalized spacial score (nSPS) is 19.8. The van der Waals surface area contributed by atoms with Crippen LogP contribution in [0.3, 0.4) is 0 Å². The summed E-state index contributed by atoms with van der Waals surface area (Å²) >= 11 is 0. The second-order valence-corrected chi connectivity index (χ2v) is 7.83. The minimum atomic E-state index is 0.0735. The predicted octanol–water partition coefficient (Wildman–Crippen LogP) is 3.51. The fourth-order valence-electron chi connectivity index (χ4n) is 2.95. The van der Waals surface area contributed by atoms with Crippen LogP contribution in [-0.2, 0) is 0 Å². The zero-order chi connectivity index (χ0) is 15.3. The quantitative estimate of drug-likeness (QED) is 0.858. The number of nitrogens with one attached hydrogen (secondary N) is 1. The Labute approximate surface area is 127 Å². The topological polar surface area (TPSA) is 33.7 Å². The summed E-state index contributed by atoms with van der Waals surface area (Å²) in [6.07, 6.45) is 0. The average Bonchev–Trinajstić information content (AvgIpc) is 2.39. The molecule has 2 aliphatic rings. The van der Waals surface area contributed by atoms with Gasteiger partial charge in [-0.25, -0.2) is 0 Å². The molecule has 0 amide bonds. The molecule has 21 heavy (non-hydrogen) atoms. The van der Waals surface area contributed by atoms with Crippen LogP contribution < -0.4 is 19.7 Å². The molecular weight excluding hydrogens is 264 g/mol. The van der Waals surface area contributed by atoms with Crippen molar-refractivity contribution < 1.29 is 9.47 Å². The number of nitrogens with zero attached hydrogens (tertiary/aromatic N) is 1. The van der Waals surface area contributed by atoms with E-state index >= 15 is 0 Å². The molecule has 0 saturated carbocycles. The molecule has 2 heterocycles. The summed E-state index contributed by atoms with van der Waals surface area (Å²) in [5.41, 5.74) is 2.66. The fraction of sp³-hybridized carbons (Fsp3) is 0.647. The van der Waals surface area contributed by atoms with E-state index in [4.69, 9.17) is 9.47 Å². The van der Waals surface area contributed by atoms with Crippen LogP contribution in [0.4, 0.5) is 11.4 Å². The van der Waals surface area contributed by atoms with Gasteiger partial charge in [0.15, 0.2) is 11.5 Å².